The van der Waals surface area contributed by atoms with Gasteiger partial charge in [-0.3, -0.25) is 4.79 Å². The van der Waals surface area contributed by atoms with Gasteiger partial charge in [-0.2, -0.15) is 0 Å². The fourth-order valence-electron chi connectivity index (χ4n) is 0.735. The van der Waals surface area contributed by atoms with E-state index < -0.39 is 0 Å². The largest absolute Gasteiger partial charge is 0.330 e. The number of Topliss-reactive ketones (excluding diaryl/α,β-unsaturated/α-hetero) is 1. The molecule has 0 amide bonds. The molecule has 1 heterocycles. The summed E-state index contributed by atoms with van der Waals surface area (Å²) in [6, 6.07) is 1.77. The third-order valence-corrected chi connectivity index (χ3v) is 1.33. The molecule has 1 aromatic heterocycles. The van der Waals surface area contributed by atoms with Gasteiger partial charge in [0.05, 0.1) is 0 Å². The van der Waals surface area contributed by atoms with Gasteiger partial charge >= 0.3 is 0 Å². The molecule has 0 bridgehead atoms. The molecular formula is C8H9NO. The highest BCUT2D eigenvalue weighted by Gasteiger charge is 1.97. The van der Waals surface area contributed by atoms with E-state index in [-0.39, 0.29) is 5.78 Å². The van der Waals surface area contributed by atoms with E-state index in [1.807, 2.05) is 0 Å². The zero-order valence-electron chi connectivity index (χ0n) is 5.87. The average molecular weight is 135 g/mol. The van der Waals surface area contributed by atoms with Gasteiger partial charge in [-0.25, -0.2) is 0 Å². The van der Waals surface area contributed by atoms with Crippen LogP contribution in [0.5, 0.6) is 0 Å². The van der Waals surface area contributed by atoms with Crippen molar-refractivity contribution in [1.82, 2.24) is 4.57 Å². The third-order valence-electron chi connectivity index (χ3n) is 1.33. The van der Waals surface area contributed by atoms with Crippen molar-refractivity contribution >= 4 is 12.0 Å². The molecule has 10 heavy (non-hydrogen) atoms. The van der Waals surface area contributed by atoms with Gasteiger partial charge in [-0.1, -0.05) is 6.58 Å². The lowest BCUT2D eigenvalue weighted by Crippen LogP contribution is -1.87. The summed E-state index contributed by atoms with van der Waals surface area (Å²) in [5.41, 5.74) is 0.722. The molecule has 0 radical (unpaired) electrons. The maximum Gasteiger partial charge on any atom is 0.161 e. The van der Waals surface area contributed by atoms with Crippen molar-refractivity contribution in [3.8, 4) is 0 Å². The van der Waals surface area contributed by atoms with Gasteiger partial charge in [-0.05, 0) is 13.0 Å². The van der Waals surface area contributed by atoms with Crippen LogP contribution < -0.4 is 0 Å². The average Bonchev–Trinajstić information content (AvgIpc) is 2.34. The smallest absolute Gasteiger partial charge is 0.161 e. The van der Waals surface area contributed by atoms with Crippen LogP contribution in [0.3, 0.4) is 0 Å². The Bertz CT molecular complexity index is 260. The highest BCUT2D eigenvalue weighted by Crippen LogP contribution is 2.01. The van der Waals surface area contributed by atoms with E-state index in [1.165, 1.54) is 0 Å². The van der Waals surface area contributed by atoms with Crippen molar-refractivity contribution in [3.05, 3.63) is 30.6 Å². The molecule has 0 spiro atoms. The molecule has 52 valence electrons. The summed E-state index contributed by atoms with van der Waals surface area (Å²) in [5.74, 6) is 0.0839. The van der Waals surface area contributed by atoms with E-state index in [0.29, 0.717) is 0 Å². The van der Waals surface area contributed by atoms with Gasteiger partial charge < -0.3 is 4.57 Å². The first-order valence-electron chi connectivity index (χ1n) is 3.05. The molecule has 0 aliphatic heterocycles. The minimum atomic E-state index is 0.0839. The first-order valence-corrected chi connectivity index (χ1v) is 3.05. The van der Waals surface area contributed by atoms with Crippen molar-refractivity contribution in [2.75, 3.05) is 0 Å². The quantitative estimate of drug-likeness (QED) is 0.566. The first-order chi connectivity index (χ1) is 4.74. The summed E-state index contributed by atoms with van der Waals surface area (Å²) in [6.07, 6.45) is 5.19. The van der Waals surface area contributed by atoms with E-state index >= 15 is 0 Å². The van der Waals surface area contributed by atoms with Crippen molar-refractivity contribution < 1.29 is 4.79 Å². The lowest BCUT2D eigenvalue weighted by molar-refractivity contribution is 0.101. The second-order valence-electron chi connectivity index (χ2n) is 2.09. The molecule has 1 rings (SSSR count). The van der Waals surface area contributed by atoms with Crippen molar-refractivity contribution in [2.45, 2.75) is 6.92 Å². The molecular weight excluding hydrogens is 126 g/mol. The number of rotatable bonds is 2. The molecule has 0 saturated heterocycles. The summed E-state index contributed by atoms with van der Waals surface area (Å²) >= 11 is 0. The number of nitrogens with zero attached hydrogens (tertiary/aromatic N) is 1. The fraction of sp³-hybridized carbons (Fsp3) is 0.125. The Morgan fingerprint density at radius 1 is 1.80 bits per heavy atom. The predicted octanol–water partition coefficient (Wildman–Crippen LogP) is 1.79. The van der Waals surface area contributed by atoms with Gasteiger partial charge in [0.2, 0.25) is 0 Å². The lowest BCUT2D eigenvalue weighted by atomic mass is 10.2. The molecule has 2 nitrogen and oxygen atoms in total. The predicted molar refractivity (Wildman–Crippen MR) is 40.8 cm³/mol. The van der Waals surface area contributed by atoms with E-state index in [4.69, 9.17) is 0 Å². The van der Waals surface area contributed by atoms with Crippen LogP contribution >= 0.6 is 0 Å². The monoisotopic (exact) mass is 135 g/mol. The maximum absolute atomic E-state index is 10.7. The molecule has 1 aromatic rings. The fourth-order valence-corrected chi connectivity index (χ4v) is 0.735. The Morgan fingerprint density at radius 3 is 2.80 bits per heavy atom. The Labute approximate surface area is 59.8 Å². The Kier molecular flexibility index (Phi) is 1.71. The van der Waals surface area contributed by atoms with Crippen molar-refractivity contribution in [2.24, 2.45) is 0 Å². The number of carbonyl (C=O) groups excluding carboxylic acids is 1. The van der Waals surface area contributed by atoms with Crippen LogP contribution in [0.15, 0.2) is 25.0 Å². The van der Waals surface area contributed by atoms with Crippen LogP contribution in [0.4, 0.5) is 0 Å². The van der Waals surface area contributed by atoms with Crippen LogP contribution in [-0.4, -0.2) is 10.4 Å². The Hall–Kier alpha value is -1.31. The van der Waals surface area contributed by atoms with Gasteiger partial charge in [0, 0.05) is 24.2 Å². The van der Waals surface area contributed by atoms with Crippen LogP contribution in [0.2, 0.25) is 0 Å². The number of carbonyl (C=O) groups is 1. The molecule has 0 saturated carbocycles. The molecule has 0 N–H and O–H groups in total. The summed E-state index contributed by atoms with van der Waals surface area (Å²) in [5, 5.41) is 0. The van der Waals surface area contributed by atoms with Gasteiger partial charge in [0.25, 0.3) is 0 Å². The van der Waals surface area contributed by atoms with E-state index in [1.54, 1.807) is 36.2 Å². The normalized spacial score (nSPS) is 9.30. The molecule has 0 aliphatic carbocycles. The van der Waals surface area contributed by atoms with Crippen molar-refractivity contribution in [3.63, 3.8) is 0 Å². The molecule has 0 unspecified atom stereocenters. The summed E-state index contributed by atoms with van der Waals surface area (Å²) in [6.45, 7) is 5.10. The number of aromatic nitrogens is 1. The second-order valence-corrected chi connectivity index (χ2v) is 2.09. The van der Waals surface area contributed by atoms with Crippen LogP contribution in [0.1, 0.15) is 17.3 Å². The summed E-state index contributed by atoms with van der Waals surface area (Å²) < 4.78 is 1.75. The van der Waals surface area contributed by atoms with E-state index in [2.05, 4.69) is 6.58 Å². The highest BCUT2D eigenvalue weighted by molar-refractivity contribution is 5.93. The molecule has 0 aromatic carbocycles. The number of ketones is 1. The minimum Gasteiger partial charge on any atom is -0.330 e. The van der Waals surface area contributed by atoms with Gasteiger partial charge in [0.1, 0.15) is 0 Å². The molecule has 0 atom stereocenters. The Balaban J connectivity index is 2.98. The van der Waals surface area contributed by atoms with Gasteiger partial charge in [0.15, 0.2) is 5.78 Å². The van der Waals surface area contributed by atoms with Crippen LogP contribution in [0, 0.1) is 0 Å². The topological polar surface area (TPSA) is 22.0 Å². The Morgan fingerprint density at radius 2 is 2.50 bits per heavy atom. The molecule has 2 heteroatoms. The van der Waals surface area contributed by atoms with E-state index in [0.717, 1.165) is 5.56 Å². The second kappa shape index (κ2) is 2.52. The standard InChI is InChI=1S/C8H9NO/c1-3-9-5-4-8(6-9)7(2)10/h3-6H,1H2,2H3. The number of hydrogen-bond donors (Lipinski definition) is 0. The SMILES string of the molecule is C=Cn1ccc(C(C)=O)c1. The maximum atomic E-state index is 10.7. The molecule has 0 aliphatic rings. The summed E-state index contributed by atoms with van der Waals surface area (Å²) in [4.78, 5) is 10.7. The first kappa shape index (κ1) is 6.81. The minimum absolute atomic E-state index is 0.0839. The van der Waals surface area contributed by atoms with Gasteiger partial charge in [-0.15, -0.1) is 0 Å². The van der Waals surface area contributed by atoms with Crippen LogP contribution in [0.25, 0.3) is 6.20 Å². The van der Waals surface area contributed by atoms with Crippen LogP contribution in [-0.2, 0) is 0 Å². The third kappa shape index (κ3) is 1.16. The zero-order valence-corrected chi connectivity index (χ0v) is 5.87. The van der Waals surface area contributed by atoms with Crippen molar-refractivity contribution in [1.29, 1.82) is 0 Å². The molecule has 0 fully saturated rings. The highest BCUT2D eigenvalue weighted by atomic mass is 16.1. The zero-order chi connectivity index (χ0) is 7.56. The number of hydrogen-bond acceptors (Lipinski definition) is 1. The lowest BCUT2D eigenvalue weighted by Gasteiger charge is -1.86. The summed E-state index contributed by atoms with van der Waals surface area (Å²) in [7, 11) is 0. The van der Waals surface area contributed by atoms with E-state index in [9.17, 15) is 4.79 Å².